The molecule has 1 aliphatic heterocycles. The number of unbranched alkanes of at least 4 members (excludes halogenated alkanes) is 3. The fraction of sp³-hybridized carbons (Fsp3) is 0.667. The molecule has 0 aliphatic carbocycles. The molecule has 2 heterocycles. The molecule has 1 aromatic rings. The zero-order valence-corrected chi connectivity index (χ0v) is 16.1. The van der Waals surface area contributed by atoms with Gasteiger partial charge in [-0.3, -0.25) is 9.59 Å². The Morgan fingerprint density at radius 1 is 1.29 bits per heavy atom. The number of aromatic nitrogens is 1. The molecule has 0 spiro atoms. The number of hydrogen-bond acceptors (Lipinski definition) is 5. The highest BCUT2D eigenvalue weighted by atomic mass is 35.5. The quantitative estimate of drug-likeness (QED) is 0.661. The Morgan fingerprint density at radius 3 is 2.71 bits per heavy atom. The normalized spacial score (nSPS) is 16.2. The molecule has 2 amide bonds. The summed E-state index contributed by atoms with van der Waals surface area (Å²) in [5.41, 5.74) is 5.45. The van der Waals surface area contributed by atoms with Crippen molar-refractivity contribution < 1.29 is 9.59 Å². The number of amides is 2. The van der Waals surface area contributed by atoms with Gasteiger partial charge in [0.1, 0.15) is 6.04 Å². The van der Waals surface area contributed by atoms with Crippen LogP contribution in [0, 0.1) is 0 Å². The summed E-state index contributed by atoms with van der Waals surface area (Å²) in [7, 11) is 0. The summed E-state index contributed by atoms with van der Waals surface area (Å²) in [6.45, 7) is 1.39. The number of carbonyl (C=O) groups excluding carboxylic acids is 2. The Labute approximate surface area is 159 Å². The van der Waals surface area contributed by atoms with Crippen molar-refractivity contribution in [1.29, 1.82) is 0 Å². The maximum atomic E-state index is 12.3. The Morgan fingerprint density at radius 2 is 2.04 bits per heavy atom. The van der Waals surface area contributed by atoms with Gasteiger partial charge < -0.3 is 16.0 Å². The van der Waals surface area contributed by atoms with Crippen molar-refractivity contribution in [3.63, 3.8) is 0 Å². The third-order valence-corrected chi connectivity index (χ3v) is 4.57. The Kier molecular flexibility index (Phi) is 12.0. The van der Waals surface area contributed by atoms with Crippen LogP contribution in [-0.4, -0.2) is 40.8 Å². The van der Waals surface area contributed by atoms with E-state index in [-0.39, 0.29) is 42.7 Å². The van der Waals surface area contributed by atoms with Crippen molar-refractivity contribution in [2.24, 2.45) is 5.73 Å². The maximum Gasteiger partial charge on any atom is 0.248 e. The third-order valence-electron chi connectivity index (χ3n) is 3.88. The molecule has 0 radical (unpaired) electrons. The van der Waals surface area contributed by atoms with E-state index < -0.39 is 0 Å². The molecule has 0 saturated carbocycles. The van der Waals surface area contributed by atoms with E-state index >= 15 is 0 Å². The predicted octanol–water partition coefficient (Wildman–Crippen LogP) is 2.83. The van der Waals surface area contributed by atoms with Crippen molar-refractivity contribution in [2.45, 2.75) is 51.0 Å². The monoisotopic (exact) mass is 396 g/mol. The van der Waals surface area contributed by atoms with Gasteiger partial charge in [0.2, 0.25) is 11.8 Å². The molecule has 1 aromatic heterocycles. The van der Waals surface area contributed by atoms with E-state index in [9.17, 15) is 9.59 Å². The lowest BCUT2D eigenvalue weighted by atomic mass is 10.1. The Bertz CT molecular complexity index is 488. The summed E-state index contributed by atoms with van der Waals surface area (Å²) in [4.78, 5) is 30.4. The molecule has 6 nitrogen and oxygen atoms in total. The zero-order valence-electron chi connectivity index (χ0n) is 13.6. The van der Waals surface area contributed by atoms with Gasteiger partial charge in [0.25, 0.3) is 0 Å². The van der Waals surface area contributed by atoms with Gasteiger partial charge in [-0.05, 0) is 32.2 Å². The summed E-state index contributed by atoms with van der Waals surface area (Å²) in [6.07, 6.45) is 7.76. The molecule has 0 bridgehead atoms. The molecule has 0 aromatic carbocycles. The molecule has 9 heteroatoms. The van der Waals surface area contributed by atoms with Gasteiger partial charge in [0.05, 0.1) is 0 Å². The molecular formula is C15H26Cl2N4O2S. The largest absolute Gasteiger partial charge is 0.331 e. The second-order valence-electron chi connectivity index (χ2n) is 5.52. The van der Waals surface area contributed by atoms with Gasteiger partial charge in [-0.2, -0.15) is 0 Å². The van der Waals surface area contributed by atoms with Crippen LogP contribution in [0.15, 0.2) is 11.6 Å². The van der Waals surface area contributed by atoms with Crippen molar-refractivity contribution in [3.05, 3.63) is 11.6 Å². The van der Waals surface area contributed by atoms with Crippen LogP contribution in [0.25, 0.3) is 0 Å². The summed E-state index contributed by atoms with van der Waals surface area (Å²) >= 11 is 1.38. The first-order chi connectivity index (χ1) is 10.7. The molecule has 1 saturated heterocycles. The van der Waals surface area contributed by atoms with Crippen LogP contribution in [0.3, 0.4) is 0 Å². The van der Waals surface area contributed by atoms with Gasteiger partial charge in [-0.1, -0.05) is 12.8 Å². The highest BCUT2D eigenvalue weighted by Gasteiger charge is 2.33. The molecule has 1 unspecified atom stereocenters. The van der Waals surface area contributed by atoms with Crippen molar-refractivity contribution in [3.8, 4) is 0 Å². The van der Waals surface area contributed by atoms with E-state index in [2.05, 4.69) is 10.3 Å². The zero-order chi connectivity index (χ0) is 15.8. The topological polar surface area (TPSA) is 88.3 Å². The van der Waals surface area contributed by atoms with Gasteiger partial charge >= 0.3 is 0 Å². The lowest BCUT2D eigenvalue weighted by Gasteiger charge is -2.23. The Balaban J connectivity index is 0.00000264. The first kappa shape index (κ1) is 23.1. The standard InChI is InChI=1S/C15H24N4O2S.2ClH/c16-8-4-2-1-3-7-13(20)19-10-5-6-12(19)14(21)18-15-17-9-11-22-15;;/h9,11-12H,1-8,10,16H2,(H,17,18,21);2*1H. The lowest BCUT2D eigenvalue weighted by molar-refractivity contribution is -0.136. The fourth-order valence-electron chi connectivity index (χ4n) is 2.73. The van der Waals surface area contributed by atoms with E-state index in [0.29, 0.717) is 24.6 Å². The summed E-state index contributed by atoms with van der Waals surface area (Å²) in [5.74, 6) is -0.0338. The number of likely N-dealkylation sites (tertiary alicyclic amines) is 1. The van der Waals surface area contributed by atoms with E-state index in [4.69, 9.17) is 5.73 Å². The molecule has 2 rings (SSSR count). The highest BCUT2D eigenvalue weighted by Crippen LogP contribution is 2.21. The number of nitrogens with zero attached hydrogens (tertiary/aromatic N) is 2. The summed E-state index contributed by atoms with van der Waals surface area (Å²) < 4.78 is 0. The summed E-state index contributed by atoms with van der Waals surface area (Å²) in [5, 5.41) is 5.20. The van der Waals surface area contributed by atoms with Gasteiger partial charge in [-0.25, -0.2) is 4.98 Å². The first-order valence-electron chi connectivity index (χ1n) is 7.92. The van der Waals surface area contributed by atoms with Crippen LogP contribution < -0.4 is 11.1 Å². The maximum absolute atomic E-state index is 12.3. The molecule has 138 valence electrons. The van der Waals surface area contributed by atoms with Gasteiger partial charge in [-0.15, -0.1) is 36.2 Å². The Hall–Kier alpha value is -0.890. The SMILES string of the molecule is Cl.Cl.NCCCCCCC(=O)N1CCCC1C(=O)Nc1nccs1. The summed E-state index contributed by atoms with van der Waals surface area (Å²) in [6, 6.07) is -0.347. The van der Waals surface area contributed by atoms with Crippen LogP contribution in [0.2, 0.25) is 0 Å². The fourth-order valence-corrected chi connectivity index (χ4v) is 3.26. The molecule has 24 heavy (non-hydrogen) atoms. The van der Waals surface area contributed by atoms with E-state index in [0.717, 1.165) is 38.5 Å². The highest BCUT2D eigenvalue weighted by molar-refractivity contribution is 7.13. The molecular weight excluding hydrogens is 371 g/mol. The number of halogens is 2. The van der Waals surface area contributed by atoms with Crippen LogP contribution in [0.1, 0.15) is 44.9 Å². The predicted molar refractivity (Wildman–Crippen MR) is 102 cm³/mol. The number of carbonyl (C=O) groups is 2. The van der Waals surface area contributed by atoms with E-state index in [1.807, 2.05) is 5.38 Å². The van der Waals surface area contributed by atoms with Gasteiger partial charge in [0.15, 0.2) is 5.13 Å². The van der Waals surface area contributed by atoms with Gasteiger partial charge in [0, 0.05) is 24.5 Å². The van der Waals surface area contributed by atoms with E-state index in [1.165, 1.54) is 11.3 Å². The number of hydrogen-bond donors (Lipinski definition) is 2. The number of thiazole rings is 1. The second-order valence-corrected chi connectivity index (χ2v) is 6.42. The van der Waals surface area contributed by atoms with Crippen LogP contribution in [-0.2, 0) is 9.59 Å². The number of nitrogens with two attached hydrogens (primary N) is 1. The average molecular weight is 397 g/mol. The van der Waals surface area contributed by atoms with Crippen molar-refractivity contribution in [1.82, 2.24) is 9.88 Å². The molecule has 1 atom stereocenters. The molecule has 3 N–H and O–H groups in total. The third kappa shape index (κ3) is 6.93. The minimum absolute atomic E-state index is 0. The smallest absolute Gasteiger partial charge is 0.248 e. The minimum Gasteiger partial charge on any atom is -0.331 e. The average Bonchev–Trinajstić information content (AvgIpc) is 3.17. The van der Waals surface area contributed by atoms with E-state index in [1.54, 1.807) is 11.1 Å². The number of anilines is 1. The van der Waals surface area contributed by atoms with Crippen molar-refractivity contribution in [2.75, 3.05) is 18.4 Å². The molecule has 1 aliphatic rings. The van der Waals surface area contributed by atoms with Crippen LogP contribution in [0.5, 0.6) is 0 Å². The number of rotatable bonds is 8. The van der Waals surface area contributed by atoms with Crippen molar-refractivity contribution >= 4 is 53.1 Å². The van der Waals surface area contributed by atoms with Crippen LogP contribution in [0.4, 0.5) is 5.13 Å². The second kappa shape index (κ2) is 12.5. The molecule has 1 fully saturated rings. The first-order valence-corrected chi connectivity index (χ1v) is 8.80. The minimum atomic E-state index is -0.347. The number of nitrogens with one attached hydrogen (secondary N) is 1. The lowest BCUT2D eigenvalue weighted by Crippen LogP contribution is -2.43. The van der Waals surface area contributed by atoms with Crippen LogP contribution >= 0.6 is 36.2 Å².